The van der Waals surface area contributed by atoms with Gasteiger partial charge in [-0.25, -0.2) is 0 Å². The van der Waals surface area contributed by atoms with Crippen LogP contribution in [0.3, 0.4) is 0 Å². The lowest BCUT2D eigenvalue weighted by Crippen LogP contribution is -2.39. The van der Waals surface area contributed by atoms with E-state index in [-0.39, 0.29) is 0 Å². The Morgan fingerprint density at radius 1 is 1.16 bits per heavy atom. The molecule has 0 aliphatic carbocycles. The zero-order chi connectivity index (χ0) is 13.7. The molecular weight excluding hydrogens is 234 g/mol. The van der Waals surface area contributed by atoms with Crippen LogP contribution in [0.5, 0.6) is 0 Å². The molecule has 106 valence electrons. The first-order chi connectivity index (χ1) is 9.11. The van der Waals surface area contributed by atoms with Crippen LogP contribution < -0.4 is 5.32 Å². The Morgan fingerprint density at radius 2 is 1.79 bits per heavy atom. The molecule has 0 aromatic heterocycles. The normalized spacial score (nSPS) is 20.4. The standard InChI is InChI=1S/C17H27NO/c1-14(2)16(15-7-5-4-6-8-15)18-13-17(3)9-11-19-12-10-17/h4-8,14,16,18H,9-13H2,1-3H3. The number of hydrogen-bond acceptors (Lipinski definition) is 2. The molecule has 1 atom stereocenters. The van der Waals surface area contributed by atoms with Crippen molar-refractivity contribution in [2.24, 2.45) is 11.3 Å². The molecule has 2 rings (SSSR count). The van der Waals surface area contributed by atoms with Gasteiger partial charge in [0.15, 0.2) is 0 Å². The summed E-state index contributed by atoms with van der Waals surface area (Å²) in [4.78, 5) is 0. The Balaban J connectivity index is 1.98. The Bertz CT molecular complexity index is 368. The summed E-state index contributed by atoms with van der Waals surface area (Å²) in [6.07, 6.45) is 2.33. The van der Waals surface area contributed by atoms with E-state index in [4.69, 9.17) is 4.74 Å². The molecule has 1 aliphatic heterocycles. The lowest BCUT2D eigenvalue weighted by atomic mass is 9.81. The first kappa shape index (κ1) is 14.5. The van der Waals surface area contributed by atoms with E-state index in [9.17, 15) is 0 Å². The minimum absolute atomic E-state index is 0.389. The predicted molar refractivity (Wildman–Crippen MR) is 80.2 cm³/mol. The van der Waals surface area contributed by atoms with Gasteiger partial charge in [-0.3, -0.25) is 0 Å². The van der Waals surface area contributed by atoms with Crippen molar-refractivity contribution in [2.45, 2.75) is 39.7 Å². The van der Waals surface area contributed by atoms with Gasteiger partial charge in [-0.1, -0.05) is 51.1 Å². The van der Waals surface area contributed by atoms with Gasteiger partial charge in [0.25, 0.3) is 0 Å². The maximum Gasteiger partial charge on any atom is 0.0471 e. The van der Waals surface area contributed by atoms with Gasteiger partial charge in [-0.2, -0.15) is 0 Å². The van der Waals surface area contributed by atoms with Gasteiger partial charge in [0, 0.05) is 25.8 Å². The summed E-state index contributed by atoms with van der Waals surface area (Å²) in [5.74, 6) is 0.603. The van der Waals surface area contributed by atoms with Gasteiger partial charge in [0.05, 0.1) is 0 Å². The number of benzene rings is 1. The molecule has 1 aromatic carbocycles. The van der Waals surface area contributed by atoms with E-state index in [0.717, 1.165) is 19.8 Å². The lowest BCUT2D eigenvalue weighted by Gasteiger charge is -2.36. The van der Waals surface area contributed by atoms with Crippen LogP contribution in [0.25, 0.3) is 0 Å². The van der Waals surface area contributed by atoms with Crippen LogP contribution in [0, 0.1) is 11.3 Å². The number of nitrogens with one attached hydrogen (secondary N) is 1. The number of rotatable bonds is 5. The van der Waals surface area contributed by atoms with E-state index in [1.54, 1.807) is 0 Å². The van der Waals surface area contributed by atoms with E-state index < -0.39 is 0 Å². The summed E-state index contributed by atoms with van der Waals surface area (Å²) in [6, 6.07) is 11.2. The molecule has 1 N–H and O–H groups in total. The topological polar surface area (TPSA) is 21.3 Å². The maximum absolute atomic E-state index is 5.48. The third-order valence-electron chi connectivity index (χ3n) is 4.27. The molecule has 1 heterocycles. The fraction of sp³-hybridized carbons (Fsp3) is 0.647. The summed E-state index contributed by atoms with van der Waals surface area (Å²) < 4.78 is 5.48. The monoisotopic (exact) mass is 261 g/mol. The highest BCUT2D eigenvalue weighted by Crippen LogP contribution is 2.30. The van der Waals surface area contributed by atoms with Crippen LogP contribution >= 0.6 is 0 Å². The average molecular weight is 261 g/mol. The molecular formula is C17H27NO. The van der Waals surface area contributed by atoms with E-state index in [1.807, 2.05) is 0 Å². The zero-order valence-electron chi connectivity index (χ0n) is 12.5. The third-order valence-corrected chi connectivity index (χ3v) is 4.27. The molecule has 0 radical (unpaired) electrons. The lowest BCUT2D eigenvalue weighted by molar-refractivity contribution is 0.0221. The molecule has 2 nitrogen and oxygen atoms in total. The van der Waals surface area contributed by atoms with Gasteiger partial charge in [-0.05, 0) is 29.7 Å². The van der Waals surface area contributed by atoms with Crippen molar-refractivity contribution in [3.05, 3.63) is 35.9 Å². The predicted octanol–water partition coefficient (Wildman–Crippen LogP) is 3.79. The summed E-state index contributed by atoms with van der Waals surface area (Å²) >= 11 is 0. The van der Waals surface area contributed by atoms with E-state index >= 15 is 0 Å². The smallest absolute Gasteiger partial charge is 0.0471 e. The fourth-order valence-electron chi connectivity index (χ4n) is 2.80. The van der Waals surface area contributed by atoms with Crippen molar-refractivity contribution in [1.29, 1.82) is 0 Å². The zero-order valence-corrected chi connectivity index (χ0v) is 12.5. The van der Waals surface area contributed by atoms with Gasteiger partial charge in [0.1, 0.15) is 0 Å². The van der Waals surface area contributed by atoms with Crippen LogP contribution in [-0.4, -0.2) is 19.8 Å². The highest BCUT2D eigenvalue weighted by atomic mass is 16.5. The second-order valence-electron chi connectivity index (χ2n) is 6.44. The van der Waals surface area contributed by atoms with Crippen molar-refractivity contribution in [2.75, 3.05) is 19.8 Å². The quantitative estimate of drug-likeness (QED) is 0.870. The summed E-state index contributed by atoms with van der Waals surface area (Å²) in [7, 11) is 0. The summed E-state index contributed by atoms with van der Waals surface area (Å²) in [6.45, 7) is 9.86. The van der Waals surface area contributed by atoms with Crippen molar-refractivity contribution < 1.29 is 4.74 Å². The Hall–Kier alpha value is -0.860. The molecule has 1 aliphatic rings. The fourth-order valence-corrected chi connectivity index (χ4v) is 2.80. The highest BCUT2D eigenvalue weighted by molar-refractivity contribution is 5.19. The van der Waals surface area contributed by atoms with Gasteiger partial charge in [0.2, 0.25) is 0 Å². The molecule has 0 saturated carbocycles. The van der Waals surface area contributed by atoms with Gasteiger partial charge in [-0.15, -0.1) is 0 Å². The summed E-state index contributed by atoms with van der Waals surface area (Å²) in [5.41, 5.74) is 1.79. The minimum atomic E-state index is 0.389. The first-order valence-corrected chi connectivity index (χ1v) is 7.47. The Labute approximate surface area is 117 Å². The largest absolute Gasteiger partial charge is 0.381 e. The van der Waals surface area contributed by atoms with Crippen molar-refractivity contribution in [3.63, 3.8) is 0 Å². The van der Waals surface area contributed by atoms with E-state index in [0.29, 0.717) is 17.4 Å². The van der Waals surface area contributed by atoms with Crippen molar-refractivity contribution >= 4 is 0 Å². The van der Waals surface area contributed by atoms with E-state index in [1.165, 1.54) is 18.4 Å². The van der Waals surface area contributed by atoms with Crippen LogP contribution in [0.4, 0.5) is 0 Å². The molecule has 2 heteroatoms. The second-order valence-corrected chi connectivity index (χ2v) is 6.44. The van der Waals surface area contributed by atoms with Gasteiger partial charge >= 0.3 is 0 Å². The maximum atomic E-state index is 5.48. The van der Waals surface area contributed by atoms with Crippen LogP contribution in [-0.2, 0) is 4.74 Å². The molecule has 0 spiro atoms. The highest BCUT2D eigenvalue weighted by Gasteiger charge is 2.28. The van der Waals surface area contributed by atoms with Gasteiger partial charge < -0.3 is 10.1 Å². The minimum Gasteiger partial charge on any atom is -0.381 e. The number of hydrogen-bond donors (Lipinski definition) is 1. The number of ether oxygens (including phenoxy) is 1. The molecule has 1 fully saturated rings. The second kappa shape index (κ2) is 6.53. The molecule has 1 aromatic rings. The average Bonchev–Trinajstić information content (AvgIpc) is 2.40. The SMILES string of the molecule is CC(C)C(NCC1(C)CCOCC1)c1ccccc1. The van der Waals surface area contributed by atoms with Crippen LogP contribution in [0.2, 0.25) is 0 Å². The van der Waals surface area contributed by atoms with Crippen molar-refractivity contribution in [3.8, 4) is 0 Å². The van der Waals surface area contributed by atoms with E-state index in [2.05, 4.69) is 56.4 Å². The molecule has 0 amide bonds. The molecule has 1 unspecified atom stereocenters. The molecule has 1 saturated heterocycles. The molecule has 19 heavy (non-hydrogen) atoms. The third kappa shape index (κ3) is 4.05. The van der Waals surface area contributed by atoms with Crippen LogP contribution in [0.15, 0.2) is 30.3 Å². The first-order valence-electron chi connectivity index (χ1n) is 7.47. The summed E-state index contributed by atoms with van der Waals surface area (Å²) in [5, 5.41) is 3.79. The van der Waals surface area contributed by atoms with Crippen molar-refractivity contribution in [1.82, 2.24) is 5.32 Å². The van der Waals surface area contributed by atoms with Crippen LogP contribution in [0.1, 0.15) is 45.2 Å². The molecule has 0 bridgehead atoms. The Kier molecular flexibility index (Phi) is 5.00. The Morgan fingerprint density at radius 3 is 2.37 bits per heavy atom.